The number of anilines is 1. The van der Waals surface area contributed by atoms with Gasteiger partial charge in [-0.1, -0.05) is 12.1 Å². The van der Waals surface area contributed by atoms with Crippen LogP contribution in [0, 0.1) is 6.92 Å². The van der Waals surface area contributed by atoms with Crippen LogP contribution in [0.1, 0.15) is 16.1 Å². The molecule has 0 spiro atoms. The molecule has 0 aliphatic rings. The maximum atomic E-state index is 12.2. The van der Waals surface area contributed by atoms with Crippen LogP contribution in [0.3, 0.4) is 0 Å². The fourth-order valence-corrected chi connectivity index (χ4v) is 3.47. The molecule has 0 fully saturated rings. The van der Waals surface area contributed by atoms with Crippen LogP contribution >= 0.6 is 11.3 Å². The highest BCUT2D eigenvalue weighted by Gasteiger charge is 2.28. The third kappa shape index (κ3) is 3.26. The van der Waals surface area contributed by atoms with Gasteiger partial charge in [0.05, 0.1) is 22.9 Å². The second kappa shape index (κ2) is 7.04. The second-order valence-electron chi connectivity index (χ2n) is 5.20. The molecular formula is C17H16N2O5S. The number of benzene rings is 1. The number of furan rings is 1. The van der Waals surface area contributed by atoms with Gasteiger partial charge >= 0.3 is 5.97 Å². The molecule has 0 saturated carbocycles. The number of rotatable bonds is 5. The summed E-state index contributed by atoms with van der Waals surface area (Å²) in [6, 6.07) is 7.61. The Hall–Kier alpha value is -2.71. The van der Waals surface area contributed by atoms with Gasteiger partial charge < -0.3 is 13.9 Å². The van der Waals surface area contributed by atoms with Gasteiger partial charge in [-0.05, 0) is 19.1 Å². The Morgan fingerprint density at radius 2 is 2.04 bits per heavy atom. The molecule has 0 aliphatic heterocycles. The molecule has 2 heterocycles. The van der Waals surface area contributed by atoms with Gasteiger partial charge in [0.2, 0.25) is 5.88 Å². The molecule has 0 unspecified atom stereocenters. The van der Waals surface area contributed by atoms with Crippen LogP contribution in [0.15, 0.2) is 28.7 Å². The number of amides is 1. The largest absolute Gasteiger partial charge is 0.465 e. The van der Waals surface area contributed by atoms with Crippen molar-refractivity contribution >= 4 is 39.3 Å². The lowest BCUT2D eigenvalue weighted by Gasteiger charge is -2.04. The first kappa shape index (κ1) is 17.1. The highest BCUT2D eigenvalue weighted by Crippen LogP contribution is 2.40. The number of methoxy groups -OCH3 is 2. The van der Waals surface area contributed by atoms with Crippen LogP contribution in [0.4, 0.5) is 5.88 Å². The number of carbonyl (C=O) groups is 2. The zero-order chi connectivity index (χ0) is 18.0. The molecule has 0 aliphatic carbocycles. The molecule has 2 aromatic heterocycles. The maximum Gasteiger partial charge on any atom is 0.342 e. The molecule has 0 bridgehead atoms. The quantitative estimate of drug-likeness (QED) is 0.703. The van der Waals surface area contributed by atoms with E-state index in [-0.39, 0.29) is 18.1 Å². The van der Waals surface area contributed by atoms with Crippen LogP contribution < -0.4 is 5.32 Å². The predicted octanol–water partition coefficient (Wildman–Crippen LogP) is 3.24. The number of hydrogen-bond acceptors (Lipinski definition) is 7. The van der Waals surface area contributed by atoms with Crippen LogP contribution in [-0.2, 0) is 14.3 Å². The number of aryl methyl sites for hydroxylation is 1. The number of esters is 1. The number of hydrogen-bond donors (Lipinski definition) is 1. The summed E-state index contributed by atoms with van der Waals surface area (Å²) in [5, 5.41) is 3.18. The molecule has 0 saturated heterocycles. The minimum absolute atomic E-state index is 0.132. The third-order valence-electron chi connectivity index (χ3n) is 3.51. The Bertz CT molecular complexity index is 911. The number of aromatic nitrogens is 1. The molecule has 1 N–H and O–H groups in total. The highest BCUT2D eigenvalue weighted by atomic mass is 32.1. The fourth-order valence-electron chi connectivity index (χ4n) is 2.46. The number of fused-ring (bicyclic) bond motifs is 1. The topological polar surface area (TPSA) is 90.7 Å². The van der Waals surface area contributed by atoms with E-state index in [1.807, 2.05) is 24.3 Å². The number of para-hydroxylation sites is 1. The lowest BCUT2D eigenvalue weighted by molar-refractivity contribution is -0.119. The van der Waals surface area contributed by atoms with Crippen molar-refractivity contribution in [3.05, 3.63) is 35.6 Å². The molecule has 8 heteroatoms. The Morgan fingerprint density at radius 1 is 1.28 bits per heavy atom. The fraction of sp³-hybridized carbons (Fsp3) is 0.235. The molecule has 3 aromatic rings. The molecule has 7 nitrogen and oxygen atoms in total. The average Bonchev–Trinajstić information content (AvgIpc) is 3.14. The van der Waals surface area contributed by atoms with E-state index in [2.05, 4.69) is 10.3 Å². The standard InChI is InChI=1S/C17H16N2O5S/c1-9-13(17(21)23-3)14(15(24-9)19-12(20)8-22-2)16-18-10-6-4-5-7-11(10)25-16/h4-7H,8H2,1-3H3,(H,19,20). The van der Waals surface area contributed by atoms with Gasteiger partial charge in [0.15, 0.2) is 0 Å². The third-order valence-corrected chi connectivity index (χ3v) is 4.56. The molecule has 1 amide bonds. The number of nitrogens with one attached hydrogen (secondary N) is 1. The van der Waals surface area contributed by atoms with Crippen molar-refractivity contribution in [1.29, 1.82) is 0 Å². The van der Waals surface area contributed by atoms with E-state index in [0.717, 1.165) is 10.2 Å². The minimum atomic E-state index is -0.553. The summed E-state index contributed by atoms with van der Waals surface area (Å²) >= 11 is 1.40. The summed E-state index contributed by atoms with van der Waals surface area (Å²) in [6.07, 6.45) is 0. The first-order valence-corrected chi connectivity index (χ1v) is 8.23. The van der Waals surface area contributed by atoms with Gasteiger partial charge in [0, 0.05) is 7.11 Å². The van der Waals surface area contributed by atoms with Gasteiger partial charge in [-0.25, -0.2) is 9.78 Å². The molecule has 25 heavy (non-hydrogen) atoms. The summed E-state index contributed by atoms with van der Waals surface area (Å²) in [7, 11) is 2.71. The first-order valence-electron chi connectivity index (χ1n) is 7.41. The second-order valence-corrected chi connectivity index (χ2v) is 6.23. The molecule has 1 aromatic carbocycles. The number of nitrogens with zero attached hydrogens (tertiary/aromatic N) is 1. The van der Waals surface area contributed by atoms with Crippen LogP contribution in [0.2, 0.25) is 0 Å². The van der Waals surface area contributed by atoms with Crippen molar-refractivity contribution in [3.63, 3.8) is 0 Å². The first-order chi connectivity index (χ1) is 12.0. The van der Waals surface area contributed by atoms with E-state index >= 15 is 0 Å². The van der Waals surface area contributed by atoms with E-state index in [0.29, 0.717) is 16.3 Å². The average molecular weight is 360 g/mol. The molecule has 0 atom stereocenters. The van der Waals surface area contributed by atoms with E-state index in [4.69, 9.17) is 13.9 Å². The summed E-state index contributed by atoms with van der Waals surface area (Å²) < 4.78 is 16.3. The van der Waals surface area contributed by atoms with Gasteiger partial charge in [-0.15, -0.1) is 11.3 Å². The van der Waals surface area contributed by atoms with E-state index in [1.165, 1.54) is 25.6 Å². The summed E-state index contributed by atoms with van der Waals surface area (Å²) in [5.74, 6) is -0.453. The number of ether oxygens (including phenoxy) is 2. The summed E-state index contributed by atoms with van der Waals surface area (Å²) in [5.41, 5.74) is 1.45. The Labute approximate surface area is 147 Å². The molecule has 3 rings (SSSR count). The monoisotopic (exact) mass is 360 g/mol. The van der Waals surface area contributed by atoms with Crippen molar-refractivity contribution in [2.24, 2.45) is 0 Å². The maximum absolute atomic E-state index is 12.2. The smallest absolute Gasteiger partial charge is 0.342 e. The summed E-state index contributed by atoms with van der Waals surface area (Å²) in [4.78, 5) is 28.7. The van der Waals surface area contributed by atoms with E-state index < -0.39 is 11.9 Å². The van der Waals surface area contributed by atoms with Gasteiger partial charge in [-0.3, -0.25) is 10.1 Å². The van der Waals surface area contributed by atoms with Crippen LogP contribution in [0.5, 0.6) is 0 Å². The van der Waals surface area contributed by atoms with Gasteiger partial charge in [-0.2, -0.15) is 0 Å². The molecule has 0 radical (unpaired) electrons. The van der Waals surface area contributed by atoms with Crippen molar-refractivity contribution in [3.8, 4) is 10.6 Å². The molecular weight excluding hydrogens is 344 g/mol. The summed E-state index contributed by atoms with van der Waals surface area (Å²) in [6.45, 7) is 1.50. The van der Waals surface area contributed by atoms with E-state index in [9.17, 15) is 9.59 Å². The lowest BCUT2D eigenvalue weighted by Crippen LogP contribution is -2.17. The molecule has 130 valence electrons. The number of carbonyl (C=O) groups excluding carboxylic acids is 2. The van der Waals surface area contributed by atoms with Crippen molar-refractivity contribution in [1.82, 2.24) is 4.98 Å². The van der Waals surface area contributed by atoms with Gasteiger partial charge in [0.25, 0.3) is 5.91 Å². The van der Waals surface area contributed by atoms with E-state index in [1.54, 1.807) is 6.92 Å². The van der Waals surface area contributed by atoms with Gasteiger partial charge in [0.1, 0.15) is 22.9 Å². The normalized spacial score (nSPS) is 10.8. The van der Waals surface area contributed by atoms with Crippen molar-refractivity contribution in [2.75, 3.05) is 26.1 Å². The van der Waals surface area contributed by atoms with Crippen molar-refractivity contribution < 1.29 is 23.5 Å². The Kier molecular flexibility index (Phi) is 4.82. The van der Waals surface area contributed by atoms with Crippen LogP contribution in [-0.4, -0.2) is 37.7 Å². The lowest BCUT2D eigenvalue weighted by atomic mass is 10.1. The predicted molar refractivity (Wildman–Crippen MR) is 93.9 cm³/mol. The SMILES string of the molecule is COCC(=O)Nc1oc(C)c(C(=O)OC)c1-c1nc2ccccc2s1. The zero-order valence-corrected chi connectivity index (χ0v) is 14.7. The number of thiazole rings is 1. The Morgan fingerprint density at radius 3 is 2.72 bits per heavy atom. The Balaban J connectivity index is 2.16. The highest BCUT2D eigenvalue weighted by molar-refractivity contribution is 7.21. The van der Waals surface area contributed by atoms with Crippen molar-refractivity contribution in [2.45, 2.75) is 6.92 Å². The minimum Gasteiger partial charge on any atom is -0.465 e. The zero-order valence-electron chi connectivity index (χ0n) is 13.9. The van der Waals surface area contributed by atoms with Crippen LogP contribution in [0.25, 0.3) is 20.8 Å².